The normalized spacial score (nSPS) is 13.0. The zero-order chi connectivity index (χ0) is 14.2. The minimum absolute atomic E-state index is 0.0709. The van der Waals surface area contributed by atoms with Crippen LogP contribution in [0.3, 0.4) is 0 Å². The predicted molar refractivity (Wildman–Crippen MR) is 75.8 cm³/mol. The zero-order valence-corrected chi connectivity index (χ0v) is 12.8. The highest BCUT2D eigenvalue weighted by Crippen LogP contribution is 2.34. The molecule has 0 aliphatic carbocycles. The van der Waals surface area contributed by atoms with E-state index < -0.39 is 11.9 Å². The minimum Gasteiger partial charge on any atom is -0.382 e. The van der Waals surface area contributed by atoms with Crippen LogP contribution in [0.5, 0.6) is 0 Å². The van der Waals surface area contributed by atoms with E-state index in [1.807, 2.05) is 13.8 Å². The first-order valence-corrected chi connectivity index (χ1v) is 6.95. The third-order valence-electron chi connectivity index (χ3n) is 2.81. The molecule has 1 aromatic carbocycles. The highest BCUT2D eigenvalue weighted by atomic mass is 79.9. The van der Waals surface area contributed by atoms with Gasteiger partial charge in [0.05, 0.1) is 21.4 Å². The van der Waals surface area contributed by atoms with E-state index in [2.05, 4.69) is 21.0 Å². The lowest BCUT2D eigenvalue weighted by Crippen LogP contribution is -2.13. The smallest absolute Gasteiger partial charge is 0.142 e. The third kappa shape index (κ3) is 2.68. The second-order valence-electron chi connectivity index (χ2n) is 4.46. The summed E-state index contributed by atoms with van der Waals surface area (Å²) in [6.45, 7) is 3.89. The summed E-state index contributed by atoms with van der Waals surface area (Å²) < 4.78 is 15.8. The maximum atomic E-state index is 13.5. The Hall–Kier alpha value is -0.910. The van der Waals surface area contributed by atoms with E-state index in [4.69, 9.17) is 11.6 Å². The molecule has 0 spiro atoms. The summed E-state index contributed by atoms with van der Waals surface area (Å²) in [6.07, 6.45) is 0.564. The highest BCUT2D eigenvalue weighted by Gasteiger charge is 2.23. The van der Waals surface area contributed by atoms with E-state index in [0.29, 0.717) is 15.7 Å². The summed E-state index contributed by atoms with van der Waals surface area (Å²) in [5, 5.41) is 14.6. The van der Waals surface area contributed by atoms with E-state index >= 15 is 0 Å². The molecule has 2 rings (SSSR count). The van der Waals surface area contributed by atoms with Crippen LogP contribution in [0, 0.1) is 5.82 Å². The van der Waals surface area contributed by atoms with Gasteiger partial charge in [-0.05, 0) is 35.8 Å². The van der Waals surface area contributed by atoms with Crippen molar-refractivity contribution in [2.45, 2.75) is 26.0 Å². The van der Waals surface area contributed by atoms with Crippen LogP contribution in [0.15, 0.2) is 28.9 Å². The predicted octanol–water partition coefficient (Wildman–Crippen LogP) is 4.10. The molecule has 2 aromatic rings. The molecular formula is C13H13BrClFN2O. The van der Waals surface area contributed by atoms with Gasteiger partial charge in [0.25, 0.3) is 0 Å². The lowest BCUT2D eigenvalue weighted by Gasteiger charge is -2.18. The summed E-state index contributed by atoms with van der Waals surface area (Å²) in [6, 6.07) is 4.44. The first-order chi connectivity index (χ1) is 8.93. The molecule has 0 radical (unpaired) electrons. The Balaban J connectivity index is 2.53. The van der Waals surface area contributed by atoms with Crippen LogP contribution in [0.4, 0.5) is 4.39 Å². The zero-order valence-electron chi connectivity index (χ0n) is 10.4. The first-order valence-electron chi connectivity index (χ1n) is 5.78. The van der Waals surface area contributed by atoms with Crippen molar-refractivity contribution in [3.63, 3.8) is 0 Å². The Bertz CT molecular complexity index is 600. The Labute approximate surface area is 124 Å². The van der Waals surface area contributed by atoms with Crippen molar-refractivity contribution in [2.75, 3.05) is 0 Å². The van der Waals surface area contributed by atoms with Gasteiger partial charge in [0, 0.05) is 11.6 Å². The maximum Gasteiger partial charge on any atom is 0.142 e. The summed E-state index contributed by atoms with van der Waals surface area (Å²) in [7, 11) is 0. The number of hydrogen-bond donors (Lipinski definition) is 1. The van der Waals surface area contributed by atoms with Gasteiger partial charge in [-0.15, -0.1) is 0 Å². The van der Waals surface area contributed by atoms with Gasteiger partial charge in [0.1, 0.15) is 11.9 Å². The fraction of sp³-hybridized carbons (Fsp3) is 0.308. The summed E-state index contributed by atoms with van der Waals surface area (Å²) in [5.41, 5.74) is 0.882. The number of aliphatic hydroxyl groups is 1. The Morgan fingerprint density at radius 3 is 2.74 bits per heavy atom. The molecule has 0 saturated carbocycles. The largest absolute Gasteiger partial charge is 0.382 e. The molecule has 0 bridgehead atoms. The highest BCUT2D eigenvalue weighted by molar-refractivity contribution is 9.10. The molecule has 1 heterocycles. The number of rotatable bonds is 3. The first kappa shape index (κ1) is 14.5. The van der Waals surface area contributed by atoms with Gasteiger partial charge >= 0.3 is 0 Å². The molecule has 102 valence electrons. The van der Waals surface area contributed by atoms with Crippen LogP contribution in [0.25, 0.3) is 0 Å². The lowest BCUT2D eigenvalue weighted by molar-refractivity contribution is 0.204. The van der Waals surface area contributed by atoms with Crippen molar-refractivity contribution in [3.8, 4) is 0 Å². The second-order valence-corrected chi connectivity index (χ2v) is 5.69. The SMILES string of the molecule is CC(C)n1ncc(Br)c1C(O)c1cccc(F)c1Cl. The monoisotopic (exact) mass is 346 g/mol. The molecular weight excluding hydrogens is 335 g/mol. The molecule has 6 heteroatoms. The molecule has 1 aromatic heterocycles. The van der Waals surface area contributed by atoms with Crippen molar-refractivity contribution in [3.05, 3.63) is 51.0 Å². The summed E-state index contributed by atoms with van der Waals surface area (Å²) in [5.74, 6) is -0.551. The fourth-order valence-corrected chi connectivity index (χ4v) is 2.62. The topological polar surface area (TPSA) is 38.0 Å². The Morgan fingerprint density at radius 1 is 1.42 bits per heavy atom. The van der Waals surface area contributed by atoms with E-state index in [0.717, 1.165) is 0 Å². The fourth-order valence-electron chi connectivity index (χ4n) is 1.90. The molecule has 0 aliphatic heterocycles. The van der Waals surface area contributed by atoms with Crippen LogP contribution in [0.1, 0.15) is 37.3 Å². The molecule has 0 aliphatic rings. The molecule has 1 atom stereocenters. The van der Waals surface area contributed by atoms with Crippen LogP contribution in [0.2, 0.25) is 5.02 Å². The van der Waals surface area contributed by atoms with Gasteiger partial charge in [-0.3, -0.25) is 4.68 Å². The van der Waals surface area contributed by atoms with Gasteiger partial charge in [-0.1, -0.05) is 23.7 Å². The summed E-state index contributed by atoms with van der Waals surface area (Å²) in [4.78, 5) is 0. The quantitative estimate of drug-likeness (QED) is 0.907. The Morgan fingerprint density at radius 2 is 2.11 bits per heavy atom. The summed E-state index contributed by atoms with van der Waals surface area (Å²) >= 11 is 9.26. The van der Waals surface area contributed by atoms with Crippen molar-refractivity contribution in [2.24, 2.45) is 0 Å². The molecule has 0 amide bonds. The van der Waals surface area contributed by atoms with Crippen LogP contribution >= 0.6 is 27.5 Å². The third-order valence-corrected chi connectivity index (χ3v) is 3.82. The van der Waals surface area contributed by atoms with Crippen molar-refractivity contribution in [1.29, 1.82) is 0 Å². The van der Waals surface area contributed by atoms with Gasteiger partial charge in [0.15, 0.2) is 0 Å². The molecule has 1 unspecified atom stereocenters. The van der Waals surface area contributed by atoms with Crippen LogP contribution < -0.4 is 0 Å². The van der Waals surface area contributed by atoms with Gasteiger partial charge < -0.3 is 5.11 Å². The Kier molecular flexibility index (Phi) is 4.28. The number of halogens is 3. The molecule has 3 nitrogen and oxygen atoms in total. The number of aromatic nitrogens is 2. The van der Waals surface area contributed by atoms with E-state index in [9.17, 15) is 9.50 Å². The molecule has 0 fully saturated rings. The van der Waals surface area contributed by atoms with Crippen LogP contribution in [-0.4, -0.2) is 14.9 Å². The van der Waals surface area contributed by atoms with E-state index in [1.54, 1.807) is 16.9 Å². The van der Waals surface area contributed by atoms with Gasteiger partial charge in [0.2, 0.25) is 0 Å². The molecule has 1 N–H and O–H groups in total. The van der Waals surface area contributed by atoms with E-state index in [1.165, 1.54) is 12.1 Å². The number of hydrogen-bond acceptors (Lipinski definition) is 2. The van der Waals surface area contributed by atoms with Crippen molar-refractivity contribution < 1.29 is 9.50 Å². The van der Waals surface area contributed by atoms with E-state index in [-0.39, 0.29) is 11.1 Å². The molecule has 19 heavy (non-hydrogen) atoms. The maximum absolute atomic E-state index is 13.5. The van der Waals surface area contributed by atoms with Gasteiger partial charge in [-0.2, -0.15) is 5.10 Å². The standard InChI is InChI=1S/C13H13BrClFN2O/c1-7(2)18-12(9(14)6-17-18)13(19)8-4-3-5-10(16)11(8)15/h3-7,13,19H,1-2H3. The minimum atomic E-state index is -1.04. The van der Waals surface area contributed by atoms with Crippen molar-refractivity contribution in [1.82, 2.24) is 9.78 Å². The average molecular weight is 348 g/mol. The number of benzene rings is 1. The van der Waals surface area contributed by atoms with Crippen molar-refractivity contribution >= 4 is 27.5 Å². The van der Waals surface area contributed by atoms with Crippen LogP contribution in [-0.2, 0) is 0 Å². The average Bonchev–Trinajstić information content (AvgIpc) is 2.74. The lowest BCUT2D eigenvalue weighted by atomic mass is 10.1. The molecule has 0 saturated heterocycles. The van der Waals surface area contributed by atoms with Gasteiger partial charge in [-0.25, -0.2) is 4.39 Å². The second kappa shape index (κ2) is 5.61. The number of aliphatic hydroxyl groups excluding tert-OH is 1. The number of nitrogens with zero attached hydrogens (tertiary/aromatic N) is 2.